The van der Waals surface area contributed by atoms with Gasteiger partial charge in [0.1, 0.15) is 0 Å². The fraction of sp³-hybridized carbons (Fsp3) is 0.0769. The Morgan fingerprint density at radius 3 is 1.27 bits per heavy atom. The largest absolute Gasteiger partial charge is 0.0616 e. The molecule has 0 aliphatic heterocycles. The molecule has 0 amide bonds. The van der Waals surface area contributed by atoms with Gasteiger partial charge in [0.05, 0.1) is 0 Å². The predicted octanol–water partition coefficient (Wildman–Crippen LogP) is 7.23. The summed E-state index contributed by atoms with van der Waals surface area (Å²) >= 11 is 0. The van der Waals surface area contributed by atoms with Crippen LogP contribution in [0.25, 0.3) is 44.5 Å². The van der Waals surface area contributed by atoms with Gasteiger partial charge in [-0.3, -0.25) is 0 Å². The highest BCUT2D eigenvalue weighted by molar-refractivity contribution is 6.03. The second kappa shape index (κ2) is 6.00. The van der Waals surface area contributed by atoms with Gasteiger partial charge in [-0.1, -0.05) is 97.9 Å². The Labute approximate surface area is 154 Å². The van der Waals surface area contributed by atoms with Crippen LogP contribution in [0.1, 0.15) is 12.5 Å². The van der Waals surface area contributed by atoms with Gasteiger partial charge in [0.15, 0.2) is 0 Å². The number of benzene rings is 4. The van der Waals surface area contributed by atoms with Crippen LogP contribution in [-0.4, -0.2) is 0 Å². The van der Waals surface area contributed by atoms with Crippen molar-refractivity contribution in [3.8, 4) is 44.5 Å². The molecule has 0 nitrogen and oxygen atoms in total. The van der Waals surface area contributed by atoms with Crippen LogP contribution in [0.4, 0.5) is 0 Å². The quantitative estimate of drug-likeness (QED) is 0.298. The van der Waals surface area contributed by atoms with Gasteiger partial charge in [0.2, 0.25) is 0 Å². The fourth-order valence-corrected chi connectivity index (χ4v) is 4.15. The van der Waals surface area contributed by atoms with Crippen molar-refractivity contribution in [1.82, 2.24) is 0 Å². The molecule has 0 saturated carbocycles. The predicted molar refractivity (Wildman–Crippen MR) is 111 cm³/mol. The Morgan fingerprint density at radius 1 is 0.423 bits per heavy atom. The molecular weight excluding hydrogens is 312 g/mol. The van der Waals surface area contributed by atoms with Crippen LogP contribution in [0.2, 0.25) is 0 Å². The molecule has 6 rings (SSSR count). The molecule has 2 aliphatic rings. The van der Waals surface area contributed by atoms with Gasteiger partial charge in [-0.15, -0.1) is 0 Å². The highest BCUT2D eigenvalue weighted by Crippen LogP contribution is 2.48. The van der Waals surface area contributed by atoms with E-state index in [1.165, 1.54) is 50.1 Å². The van der Waals surface area contributed by atoms with E-state index in [-0.39, 0.29) is 0 Å². The molecule has 4 aromatic rings. The zero-order chi connectivity index (χ0) is 17.5. The highest BCUT2D eigenvalue weighted by Gasteiger charge is 2.23. The maximum atomic E-state index is 2.23. The van der Waals surface area contributed by atoms with E-state index in [0.717, 1.165) is 6.42 Å². The van der Waals surface area contributed by atoms with Gasteiger partial charge in [-0.25, -0.2) is 0 Å². The van der Waals surface area contributed by atoms with Crippen molar-refractivity contribution in [2.24, 2.45) is 0 Å². The van der Waals surface area contributed by atoms with Crippen LogP contribution in [0, 0.1) is 0 Å². The second-order valence-electron chi connectivity index (χ2n) is 6.83. The molecule has 0 spiro atoms. The van der Waals surface area contributed by atoms with Crippen LogP contribution < -0.4 is 0 Å². The lowest BCUT2D eigenvalue weighted by molar-refractivity contribution is 1.14. The third-order valence-electron chi connectivity index (χ3n) is 5.45. The Kier molecular flexibility index (Phi) is 3.50. The third kappa shape index (κ3) is 2.16. The van der Waals surface area contributed by atoms with E-state index >= 15 is 0 Å². The Bertz CT molecular complexity index is 1020. The summed E-state index contributed by atoms with van der Waals surface area (Å²) in [6, 6.07) is 32.3. The molecule has 0 heteroatoms. The minimum Gasteiger partial charge on any atom is -0.0616 e. The van der Waals surface area contributed by atoms with Gasteiger partial charge >= 0.3 is 0 Å². The van der Waals surface area contributed by atoms with Crippen molar-refractivity contribution < 1.29 is 0 Å². The van der Waals surface area contributed by atoms with Crippen LogP contribution in [-0.2, 0) is 6.42 Å². The zero-order valence-corrected chi connectivity index (χ0v) is 14.9. The molecule has 0 fully saturated rings. The van der Waals surface area contributed by atoms with Crippen molar-refractivity contribution in [3.05, 3.63) is 96.6 Å². The summed E-state index contributed by atoms with van der Waals surface area (Å²) in [4.78, 5) is 0. The molecule has 2 aliphatic carbocycles. The molecule has 0 heterocycles. The lowest BCUT2D eigenvalue weighted by Gasteiger charge is -2.26. The first-order valence-corrected chi connectivity index (χ1v) is 9.29. The molecule has 0 radical (unpaired) electrons. The van der Waals surface area contributed by atoms with Crippen molar-refractivity contribution in [3.63, 3.8) is 0 Å². The topological polar surface area (TPSA) is 0 Å². The van der Waals surface area contributed by atoms with Crippen LogP contribution >= 0.6 is 0 Å². The minimum atomic E-state index is 1.12. The SMILES string of the molecule is CCc1cccc2c1-c1ccccc1-2.c1ccc2c(c1)-c1ccccc1-2. The molecule has 124 valence electrons. The Hall–Kier alpha value is -3.12. The van der Waals surface area contributed by atoms with E-state index in [2.05, 4.69) is 97.9 Å². The maximum absolute atomic E-state index is 2.23. The van der Waals surface area contributed by atoms with Gasteiger partial charge < -0.3 is 0 Å². The van der Waals surface area contributed by atoms with E-state index < -0.39 is 0 Å². The smallest absolute Gasteiger partial charge is 0.00670 e. The molecule has 0 atom stereocenters. The Balaban J connectivity index is 0.000000117. The first-order valence-electron chi connectivity index (χ1n) is 9.29. The average molecular weight is 332 g/mol. The number of hydrogen-bond acceptors (Lipinski definition) is 0. The van der Waals surface area contributed by atoms with Crippen LogP contribution in [0.3, 0.4) is 0 Å². The van der Waals surface area contributed by atoms with E-state index in [9.17, 15) is 0 Å². The van der Waals surface area contributed by atoms with Crippen LogP contribution in [0.15, 0.2) is 91.0 Å². The number of rotatable bonds is 1. The molecule has 0 bridgehead atoms. The summed E-state index contributed by atoms with van der Waals surface area (Å²) in [6.45, 7) is 2.22. The Morgan fingerprint density at radius 2 is 0.808 bits per heavy atom. The first kappa shape index (κ1) is 15.2. The lowest BCUT2D eigenvalue weighted by Crippen LogP contribution is -2.01. The molecule has 26 heavy (non-hydrogen) atoms. The number of fused-ring (bicyclic) bond motifs is 8. The monoisotopic (exact) mass is 332 g/mol. The first-order chi connectivity index (χ1) is 12.9. The normalized spacial score (nSPS) is 11.4. The van der Waals surface area contributed by atoms with Gasteiger partial charge in [0, 0.05) is 0 Å². The van der Waals surface area contributed by atoms with Crippen molar-refractivity contribution in [1.29, 1.82) is 0 Å². The highest BCUT2D eigenvalue weighted by atomic mass is 14.3. The molecule has 0 saturated heterocycles. The number of hydrogen-bond donors (Lipinski definition) is 0. The average Bonchev–Trinajstić information content (AvgIpc) is 2.70. The minimum absolute atomic E-state index is 1.12. The maximum Gasteiger partial charge on any atom is -0.00670 e. The summed E-state index contributed by atoms with van der Waals surface area (Å²) in [5, 5.41) is 0. The van der Waals surface area contributed by atoms with E-state index in [0.29, 0.717) is 0 Å². The third-order valence-corrected chi connectivity index (χ3v) is 5.45. The van der Waals surface area contributed by atoms with Gasteiger partial charge in [0.25, 0.3) is 0 Å². The summed E-state index contributed by atoms with van der Waals surface area (Å²) in [6.07, 6.45) is 1.12. The summed E-state index contributed by atoms with van der Waals surface area (Å²) < 4.78 is 0. The molecule has 4 aromatic carbocycles. The molecule has 0 aromatic heterocycles. The molecule has 0 N–H and O–H groups in total. The van der Waals surface area contributed by atoms with Crippen molar-refractivity contribution >= 4 is 0 Å². The fourth-order valence-electron chi connectivity index (χ4n) is 4.15. The van der Waals surface area contributed by atoms with E-state index in [4.69, 9.17) is 0 Å². The van der Waals surface area contributed by atoms with E-state index in [1.54, 1.807) is 0 Å². The lowest BCUT2D eigenvalue weighted by atomic mass is 9.77. The van der Waals surface area contributed by atoms with Gasteiger partial charge in [-0.2, -0.15) is 0 Å². The second-order valence-corrected chi connectivity index (χ2v) is 6.83. The summed E-state index contributed by atoms with van der Waals surface area (Å²) in [5.41, 5.74) is 12.8. The zero-order valence-electron chi connectivity index (χ0n) is 14.9. The van der Waals surface area contributed by atoms with Crippen molar-refractivity contribution in [2.45, 2.75) is 13.3 Å². The van der Waals surface area contributed by atoms with Gasteiger partial charge in [-0.05, 0) is 56.5 Å². The molecule has 0 unspecified atom stereocenters. The van der Waals surface area contributed by atoms with E-state index in [1.807, 2.05) is 0 Å². The summed E-state index contributed by atoms with van der Waals surface area (Å²) in [5.74, 6) is 0. The standard InChI is InChI=1S/C14H12.C12H8/c1-2-10-6-5-9-13-11-7-3-4-8-12(11)14(10)13;1-2-6-10-9(5-1)11-7-3-4-8-12(10)11/h3-9H,2H2,1H3;1-8H. The summed E-state index contributed by atoms with van der Waals surface area (Å²) in [7, 11) is 0. The van der Waals surface area contributed by atoms with Crippen molar-refractivity contribution in [2.75, 3.05) is 0 Å². The van der Waals surface area contributed by atoms with Crippen LogP contribution in [0.5, 0.6) is 0 Å². The number of aryl methyl sites for hydroxylation is 1. The molecular formula is C26H20.